The van der Waals surface area contributed by atoms with E-state index in [1.807, 2.05) is 60.7 Å². The van der Waals surface area contributed by atoms with Crippen molar-refractivity contribution in [2.45, 2.75) is 6.10 Å². The molecule has 0 spiro atoms. The maximum absolute atomic E-state index is 12.5. The molecule has 1 N–H and O–H groups in total. The summed E-state index contributed by atoms with van der Waals surface area (Å²) in [6.07, 6.45) is -0.899. The molecule has 7 nitrogen and oxygen atoms in total. The SMILES string of the molecule is Cn1c(O)c(N=NC(=O)C2COc3cc4ccccc4cc3O2)c2ccccc21. The highest BCUT2D eigenvalue weighted by Gasteiger charge is 2.28. The van der Waals surface area contributed by atoms with Gasteiger partial charge in [0, 0.05) is 12.4 Å². The van der Waals surface area contributed by atoms with Crippen molar-refractivity contribution >= 4 is 33.3 Å². The van der Waals surface area contributed by atoms with Gasteiger partial charge in [-0.25, -0.2) is 0 Å². The van der Waals surface area contributed by atoms with Gasteiger partial charge in [-0.3, -0.25) is 4.79 Å². The highest BCUT2D eigenvalue weighted by Crippen LogP contribution is 2.38. The molecule has 0 bridgehead atoms. The predicted molar refractivity (Wildman–Crippen MR) is 108 cm³/mol. The molecule has 1 aliphatic heterocycles. The molecule has 0 aliphatic carbocycles. The second-order valence-corrected chi connectivity index (χ2v) is 6.85. The van der Waals surface area contributed by atoms with Crippen LogP contribution in [0.25, 0.3) is 21.7 Å². The van der Waals surface area contributed by atoms with E-state index < -0.39 is 12.0 Å². The Labute approximate surface area is 165 Å². The van der Waals surface area contributed by atoms with Crippen molar-refractivity contribution in [3.8, 4) is 17.4 Å². The number of rotatable bonds is 2. The third-order valence-corrected chi connectivity index (χ3v) is 5.05. The lowest BCUT2D eigenvalue weighted by Crippen LogP contribution is -2.35. The van der Waals surface area contributed by atoms with Gasteiger partial charge in [-0.2, -0.15) is 0 Å². The number of azo groups is 1. The van der Waals surface area contributed by atoms with Gasteiger partial charge >= 0.3 is 5.91 Å². The minimum absolute atomic E-state index is 0.0463. The van der Waals surface area contributed by atoms with E-state index in [-0.39, 0.29) is 18.2 Å². The lowest BCUT2D eigenvalue weighted by molar-refractivity contribution is -0.127. The number of amides is 1. The Kier molecular flexibility index (Phi) is 3.94. The molecule has 0 saturated carbocycles. The molecular formula is C22H17N3O4. The predicted octanol–water partition coefficient (Wildman–Crippen LogP) is 4.49. The first-order valence-electron chi connectivity index (χ1n) is 9.16. The molecule has 1 amide bonds. The van der Waals surface area contributed by atoms with Crippen LogP contribution >= 0.6 is 0 Å². The maximum Gasteiger partial charge on any atom is 0.308 e. The summed E-state index contributed by atoms with van der Waals surface area (Å²) in [4.78, 5) is 12.5. The first-order chi connectivity index (χ1) is 14.1. The summed E-state index contributed by atoms with van der Waals surface area (Å²) in [5, 5.41) is 20.8. The smallest absolute Gasteiger partial charge is 0.308 e. The number of ether oxygens (including phenoxy) is 2. The van der Waals surface area contributed by atoms with Gasteiger partial charge in [-0.05, 0) is 29.0 Å². The van der Waals surface area contributed by atoms with Crippen molar-refractivity contribution in [1.82, 2.24) is 4.57 Å². The topological polar surface area (TPSA) is 85.4 Å². The second-order valence-electron chi connectivity index (χ2n) is 6.85. The fourth-order valence-corrected chi connectivity index (χ4v) is 3.50. The summed E-state index contributed by atoms with van der Waals surface area (Å²) in [5.74, 6) is 0.462. The summed E-state index contributed by atoms with van der Waals surface area (Å²) >= 11 is 0. The average molecular weight is 387 g/mol. The molecule has 0 saturated heterocycles. The number of carbonyl (C=O) groups is 1. The third-order valence-electron chi connectivity index (χ3n) is 5.05. The molecule has 4 aromatic rings. The van der Waals surface area contributed by atoms with Crippen LogP contribution < -0.4 is 9.47 Å². The number of nitrogens with zero attached hydrogens (tertiary/aromatic N) is 3. The highest BCUT2D eigenvalue weighted by molar-refractivity contribution is 5.95. The van der Waals surface area contributed by atoms with Gasteiger partial charge < -0.3 is 19.1 Å². The summed E-state index contributed by atoms with van der Waals surface area (Å²) < 4.78 is 13.1. The fourth-order valence-electron chi connectivity index (χ4n) is 3.50. The summed E-state index contributed by atoms with van der Waals surface area (Å²) in [7, 11) is 1.72. The molecule has 144 valence electrons. The minimum Gasteiger partial charge on any atom is -0.493 e. The van der Waals surface area contributed by atoms with Gasteiger partial charge in [0.15, 0.2) is 17.2 Å². The number of hydrogen-bond acceptors (Lipinski definition) is 5. The van der Waals surface area contributed by atoms with Crippen LogP contribution in [0.5, 0.6) is 17.4 Å². The van der Waals surface area contributed by atoms with Crippen LogP contribution in [0.3, 0.4) is 0 Å². The Morgan fingerprint density at radius 2 is 1.76 bits per heavy atom. The molecule has 2 heterocycles. The number of benzene rings is 3. The molecule has 1 aromatic heterocycles. The van der Waals surface area contributed by atoms with Crippen molar-refractivity contribution in [3.05, 3.63) is 60.7 Å². The Bertz CT molecular complexity index is 1290. The molecule has 0 fully saturated rings. The number of aromatic hydroxyl groups is 1. The number of aromatic nitrogens is 1. The van der Waals surface area contributed by atoms with E-state index >= 15 is 0 Å². The Morgan fingerprint density at radius 3 is 2.55 bits per heavy atom. The van der Waals surface area contributed by atoms with Crippen molar-refractivity contribution in [1.29, 1.82) is 0 Å². The molecular weight excluding hydrogens is 370 g/mol. The van der Waals surface area contributed by atoms with Crippen LogP contribution in [0.15, 0.2) is 70.9 Å². The minimum atomic E-state index is -0.899. The van der Waals surface area contributed by atoms with E-state index in [0.29, 0.717) is 16.9 Å². The number of para-hydroxylation sites is 1. The maximum atomic E-state index is 12.5. The lowest BCUT2D eigenvalue weighted by atomic mass is 10.1. The van der Waals surface area contributed by atoms with Gasteiger partial charge in [0.1, 0.15) is 6.61 Å². The van der Waals surface area contributed by atoms with E-state index in [9.17, 15) is 9.90 Å². The molecule has 5 rings (SSSR count). The number of fused-ring (bicyclic) bond motifs is 3. The van der Waals surface area contributed by atoms with E-state index in [2.05, 4.69) is 10.2 Å². The van der Waals surface area contributed by atoms with Crippen LogP contribution in [-0.4, -0.2) is 28.3 Å². The van der Waals surface area contributed by atoms with Crippen molar-refractivity contribution in [3.63, 3.8) is 0 Å². The number of aryl methyl sites for hydroxylation is 1. The molecule has 3 aromatic carbocycles. The number of carbonyl (C=O) groups excluding carboxylic acids is 1. The van der Waals surface area contributed by atoms with E-state index in [1.54, 1.807) is 11.6 Å². The first-order valence-corrected chi connectivity index (χ1v) is 9.16. The van der Waals surface area contributed by atoms with Crippen molar-refractivity contribution in [2.75, 3.05) is 6.61 Å². The molecule has 7 heteroatoms. The first kappa shape index (κ1) is 17.2. The quantitative estimate of drug-likeness (QED) is 0.514. The van der Waals surface area contributed by atoms with Crippen LogP contribution in [0.1, 0.15) is 0 Å². The largest absolute Gasteiger partial charge is 0.493 e. The monoisotopic (exact) mass is 387 g/mol. The van der Waals surface area contributed by atoms with E-state index in [4.69, 9.17) is 9.47 Å². The van der Waals surface area contributed by atoms with Gasteiger partial charge in [-0.1, -0.05) is 42.5 Å². The lowest BCUT2D eigenvalue weighted by Gasteiger charge is -2.24. The number of hydrogen-bond donors (Lipinski definition) is 1. The van der Waals surface area contributed by atoms with Gasteiger partial charge in [-0.15, -0.1) is 10.2 Å². The van der Waals surface area contributed by atoms with Crippen LogP contribution in [0.2, 0.25) is 0 Å². The third kappa shape index (κ3) is 2.87. The van der Waals surface area contributed by atoms with E-state index in [1.165, 1.54) is 0 Å². The molecule has 29 heavy (non-hydrogen) atoms. The fraction of sp³-hybridized carbons (Fsp3) is 0.136. The van der Waals surface area contributed by atoms with Crippen molar-refractivity contribution < 1.29 is 19.4 Å². The van der Waals surface area contributed by atoms with Gasteiger partial charge in [0.2, 0.25) is 12.0 Å². The van der Waals surface area contributed by atoms with Crippen molar-refractivity contribution in [2.24, 2.45) is 17.3 Å². The average Bonchev–Trinajstić information content (AvgIpc) is 3.00. The normalized spacial score (nSPS) is 16.0. The van der Waals surface area contributed by atoms with Crippen LogP contribution in [0.4, 0.5) is 5.69 Å². The van der Waals surface area contributed by atoms with Crippen LogP contribution in [-0.2, 0) is 11.8 Å². The zero-order chi connectivity index (χ0) is 20.0. The van der Waals surface area contributed by atoms with E-state index in [0.717, 1.165) is 16.3 Å². The molecule has 0 radical (unpaired) electrons. The van der Waals surface area contributed by atoms with Crippen LogP contribution in [0, 0.1) is 0 Å². The summed E-state index contributed by atoms with van der Waals surface area (Å²) in [6.45, 7) is 0.0463. The van der Waals surface area contributed by atoms with Gasteiger partial charge in [0.25, 0.3) is 0 Å². The summed E-state index contributed by atoms with van der Waals surface area (Å²) in [5.41, 5.74) is 1.05. The zero-order valence-corrected chi connectivity index (χ0v) is 15.6. The highest BCUT2D eigenvalue weighted by atomic mass is 16.6. The standard InChI is InChI=1S/C22H17N3O4/c1-25-16-9-5-4-8-15(16)20(22(25)27)23-24-21(26)19-12-28-17-10-13-6-2-3-7-14(13)11-18(17)29-19/h2-11,19,27H,12H2,1H3. The molecule has 1 atom stereocenters. The molecule has 1 unspecified atom stereocenters. The Morgan fingerprint density at radius 1 is 1.07 bits per heavy atom. The molecule has 1 aliphatic rings. The Hall–Kier alpha value is -3.87. The van der Waals surface area contributed by atoms with Gasteiger partial charge in [0.05, 0.1) is 5.52 Å². The second kappa shape index (κ2) is 6.63. The Balaban J connectivity index is 1.41. The zero-order valence-electron chi connectivity index (χ0n) is 15.6. The summed E-state index contributed by atoms with van der Waals surface area (Å²) in [6, 6.07) is 18.9.